The molecule has 0 bridgehead atoms. The Morgan fingerprint density at radius 1 is 0.952 bits per heavy atom. The van der Waals surface area contributed by atoms with Gasteiger partial charge in [-0.3, -0.25) is 0 Å². The molecule has 2 aromatic carbocycles. The van der Waals surface area contributed by atoms with E-state index in [9.17, 15) is 0 Å². The Morgan fingerprint density at radius 3 is 2.00 bits per heavy atom. The zero-order valence-electron chi connectivity index (χ0n) is 12.6. The van der Waals surface area contributed by atoms with Crippen LogP contribution in [-0.4, -0.2) is 13.6 Å². The number of hydrogen-bond acceptors (Lipinski definition) is 2. The van der Waals surface area contributed by atoms with Gasteiger partial charge < -0.3 is 10.1 Å². The molecule has 0 heterocycles. The maximum absolute atomic E-state index is 5.86. The summed E-state index contributed by atoms with van der Waals surface area (Å²) in [4.78, 5) is 0. The summed E-state index contributed by atoms with van der Waals surface area (Å²) in [7, 11) is 1.98. The van der Waals surface area contributed by atoms with E-state index in [4.69, 9.17) is 16.3 Å². The van der Waals surface area contributed by atoms with E-state index in [0.29, 0.717) is 19.1 Å². The molecule has 0 saturated heterocycles. The van der Waals surface area contributed by atoms with Crippen LogP contribution in [0.25, 0.3) is 0 Å². The highest BCUT2D eigenvalue weighted by atomic mass is 35.5. The van der Waals surface area contributed by atoms with Crippen molar-refractivity contribution in [3.05, 3.63) is 70.2 Å². The first kappa shape index (κ1) is 16.0. The summed E-state index contributed by atoms with van der Waals surface area (Å²) in [6.07, 6.45) is 0. The van der Waals surface area contributed by atoms with Crippen LogP contribution in [0.2, 0.25) is 5.02 Å². The topological polar surface area (TPSA) is 21.3 Å². The maximum Gasteiger partial charge on any atom is 0.0721 e. The van der Waals surface area contributed by atoms with E-state index in [1.54, 1.807) is 0 Å². The summed E-state index contributed by atoms with van der Waals surface area (Å²) in [5.41, 5.74) is 3.69. The third kappa shape index (κ3) is 5.16. The monoisotopic (exact) mass is 303 g/mol. The van der Waals surface area contributed by atoms with E-state index < -0.39 is 0 Å². The standard InChI is InChI=1S/C18H22ClNO/c1-14(11-20-2)17-7-3-15(4-8-17)12-21-13-16-5-9-18(19)10-6-16/h3-10,14,20H,11-13H2,1-2H3. The van der Waals surface area contributed by atoms with Crippen LogP contribution in [0.1, 0.15) is 29.5 Å². The van der Waals surface area contributed by atoms with Gasteiger partial charge in [-0.25, -0.2) is 0 Å². The second-order valence-corrected chi connectivity index (χ2v) is 5.76. The van der Waals surface area contributed by atoms with Gasteiger partial charge in [-0.15, -0.1) is 0 Å². The van der Waals surface area contributed by atoms with Crippen LogP contribution in [0.3, 0.4) is 0 Å². The zero-order valence-corrected chi connectivity index (χ0v) is 13.4. The second kappa shape index (κ2) is 8.18. The number of likely N-dealkylation sites (N-methyl/N-ethyl adjacent to an activating group) is 1. The highest BCUT2D eigenvalue weighted by Crippen LogP contribution is 2.16. The van der Waals surface area contributed by atoms with E-state index in [1.807, 2.05) is 31.3 Å². The molecule has 0 aliphatic rings. The third-order valence-corrected chi connectivity index (χ3v) is 3.76. The Hall–Kier alpha value is -1.35. The molecule has 0 spiro atoms. The molecule has 3 heteroatoms. The Bertz CT molecular complexity index is 536. The Balaban J connectivity index is 1.82. The molecule has 21 heavy (non-hydrogen) atoms. The summed E-state index contributed by atoms with van der Waals surface area (Å²) in [5.74, 6) is 0.527. The quantitative estimate of drug-likeness (QED) is 0.819. The van der Waals surface area contributed by atoms with Crippen LogP contribution in [0, 0.1) is 0 Å². The van der Waals surface area contributed by atoms with Gasteiger partial charge in [0.25, 0.3) is 0 Å². The molecule has 0 amide bonds. The summed E-state index contributed by atoms with van der Waals surface area (Å²) < 4.78 is 5.74. The SMILES string of the molecule is CNCC(C)c1ccc(COCc2ccc(Cl)cc2)cc1. The van der Waals surface area contributed by atoms with Crippen molar-refractivity contribution in [3.8, 4) is 0 Å². The second-order valence-electron chi connectivity index (χ2n) is 5.32. The fourth-order valence-electron chi connectivity index (χ4n) is 2.23. The van der Waals surface area contributed by atoms with Crippen molar-refractivity contribution in [3.63, 3.8) is 0 Å². The van der Waals surface area contributed by atoms with Gasteiger partial charge in [0.2, 0.25) is 0 Å². The number of nitrogens with one attached hydrogen (secondary N) is 1. The van der Waals surface area contributed by atoms with Crippen molar-refractivity contribution in [2.24, 2.45) is 0 Å². The van der Waals surface area contributed by atoms with Gasteiger partial charge in [0.15, 0.2) is 0 Å². The summed E-state index contributed by atoms with van der Waals surface area (Å²) in [6.45, 7) is 4.45. The summed E-state index contributed by atoms with van der Waals surface area (Å²) in [5, 5.41) is 3.96. The van der Waals surface area contributed by atoms with Crippen LogP contribution in [0.15, 0.2) is 48.5 Å². The Kier molecular flexibility index (Phi) is 6.24. The Labute approximate surface area is 132 Å². The number of ether oxygens (including phenoxy) is 1. The molecule has 1 N–H and O–H groups in total. The first-order valence-electron chi connectivity index (χ1n) is 7.24. The van der Waals surface area contributed by atoms with Crippen LogP contribution >= 0.6 is 11.6 Å². The molecule has 0 aromatic heterocycles. The minimum absolute atomic E-state index is 0.527. The van der Waals surface area contributed by atoms with E-state index in [0.717, 1.165) is 17.1 Å². The average Bonchev–Trinajstić information content (AvgIpc) is 2.50. The lowest BCUT2D eigenvalue weighted by Gasteiger charge is -2.12. The van der Waals surface area contributed by atoms with Gasteiger partial charge in [-0.05, 0) is 41.8 Å². The molecule has 0 radical (unpaired) electrons. The van der Waals surface area contributed by atoms with Crippen LogP contribution in [0.4, 0.5) is 0 Å². The zero-order chi connectivity index (χ0) is 15.1. The lowest BCUT2D eigenvalue weighted by Crippen LogP contribution is -2.14. The summed E-state index contributed by atoms with van der Waals surface area (Å²) >= 11 is 5.86. The molecule has 0 aliphatic heterocycles. The van der Waals surface area contributed by atoms with Crippen molar-refractivity contribution < 1.29 is 4.74 Å². The third-order valence-electron chi connectivity index (χ3n) is 3.51. The molecule has 2 rings (SSSR count). The van der Waals surface area contributed by atoms with Gasteiger partial charge in [0, 0.05) is 11.6 Å². The van der Waals surface area contributed by atoms with Crippen LogP contribution in [0.5, 0.6) is 0 Å². The molecular formula is C18H22ClNO. The predicted molar refractivity (Wildman–Crippen MR) is 88.7 cm³/mol. The molecular weight excluding hydrogens is 282 g/mol. The first-order chi connectivity index (χ1) is 10.2. The number of benzene rings is 2. The van der Waals surface area contributed by atoms with Crippen molar-refractivity contribution >= 4 is 11.6 Å². The molecule has 2 aromatic rings. The maximum atomic E-state index is 5.86. The number of rotatable bonds is 7. The molecule has 0 fully saturated rings. The van der Waals surface area contributed by atoms with Gasteiger partial charge in [-0.1, -0.05) is 54.9 Å². The normalized spacial score (nSPS) is 12.3. The van der Waals surface area contributed by atoms with E-state index >= 15 is 0 Å². The average molecular weight is 304 g/mol. The molecule has 1 atom stereocenters. The lowest BCUT2D eigenvalue weighted by atomic mass is 10.00. The van der Waals surface area contributed by atoms with Crippen molar-refractivity contribution in [2.45, 2.75) is 26.1 Å². The van der Waals surface area contributed by atoms with Crippen molar-refractivity contribution in [1.29, 1.82) is 0 Å². The van der Waals surface area contributed by atoms with Gasteiger partial charge >= 0.3 is 0 Å². The number of hydrogen-bond donors (Lipinski definition) is 1. The first-order valence-corrected chi connectivity index (χ1v) is 7.62. The summed E-state index contributed by atoms with van der Waals surface area (Å²) in [6, 6.07) is 16.4. The van der Waals surface area contributed by atoms with Gasteiger partial charge in [0.1, 0.15) is 0 Å². The molecule has 112 valence electrons. The van der Waals surface area contributed by atoms with Gasteiger partial charge in [-0.2, -0.15) is 0 Å². The largest absolute Gasteiger partial charge is 0.372 e. The van der Waals surface area contributed by atoms with Crippen molar-refractivity contribution in [1.82, 2.24) is 5.32 Å². The highest BCUT2D eigenvalue weighted by molar-refractivity contribution is 6.30. The van der Waals surface area contributed by atoms with Crippen LogP contribution < -0.4 is 5.32 Å². The molecule has 0 aliphatic carbocycles. The van der Waals surface area contributed by atoms with E-state index in [-0.39, 0.29) is 0 Å². The minimum atomic E-state index is 0.527. The lowest BCUT2D eigenvalue weighted by molar-refractivity contribution is 0.107. The Morgan fingerprint density at radius 2 is 1.48 bits per heavy atom. The fraction of sp³-hybridized carbons (Fsp3) is 0.333. The van der Waals surface area contributed by atoms with Gasteiger partial charge in [0.05, 0.1) is 13.2 Å². The number of halogens is 1. The minimum Gasteiger partial charge on any atom is -0.372 e. The highest BCUT2D eigenvalue weighted by Gasteiger charge is 2.04. The smallest absolute Gasteiger partial charge is 0.0721 e. The predicted octanol–water partition coefficient (Wildman–Crippen LogP) is 4.38. The fourth-order valence-corrected chi connectivity index (χ4v) is 2.36. The molecule has 1 unspecified atom stereocenters. The van der Waals surface area contributed by atoms with E-state index in [2.05, 4.69) is 36.5 Å². The molecule has 2 nitrogen and oxygen atoms in total. The molecule has 0 saturated carbocycles. The van der Waals surface area contributed by atoms with E-state index in [1.165, 1.54) is 11.1 Å². The van der Waals surface area contributed by atoms with Crippen LogP contribution in [-0.2, 0) is 18.0 Å². The van der Waals surface area contributed by atoms with Crippen molar-refractivity contribution in [2.75, 3.05) is 13.6 Å².